The molecule has 0 spiro atoms. The average molecular weight is 418 g/mol. The van der Waals surface area contributed by atoms with Crippen molar-refractivity contribution in [2.24, 2.45) is 0 Å². The molecular formula is C22H26ClN2O4+. The van der Waals surface area contributed by atoms with Crippen LogP contribution in [0.15, 0.2) is 42.5 Å². The van der Waals surface area contributed by atoms with E-state index in [4.69, 9.17) is 25.8 Å². The van der Waals surface area contributed by atoms with Gasteiger partial charge >= 0.3 is 0 Å². The molecule has 1 amide bonds. The number of halogens is 1. The summed E-state index contributed by atoms with van der Waals surface area (Å²) in [6, 6.07) is 13.2. The van der Waals surface area contributed by atoms with Crippen LogP contribution in [0.4, 0.5) is 0 Å². The Balaban J connectivity index is 1.30. The molecule has 0 radical (unpaired) electrons. The van der Waals surface area contributed by atoms with E-state index >= 15 is 0 Å². The van der Waals surface area contributed by atoms with Crippen molar-refractivity contribution in [2.75, 3.05) is 33.0 Å². The molecule has 4 rings (SSSR count). The van der Waals surface area contributed by atoms with Gasteiger partial charge in [0.1, 0.15) is 12.3 Å². The maximum absolute atomic E-state index is 12.9. The molecule has 1 atom stereocenters. The number of carbonyl (C=O) groups excluding carboxylic acids is 1. The summed E-state index contributed by atoms with van der Waals surface area (Å²) in [5.74, 6) is 2.36. The Bertz CT molecular complexity index is 850. The zero-order chi connectivity index (χ0) is 20.2. The van der Waals surface area contributed by atoms with Crippen molar-refractivity contribution in [3.63, 3.8) is 0 Å². The van der Waals surface area contributed by atoms with Crippen LogP contribution < -0.4 is 19.1 Å². The standard InChI is InChI=1S/C22H25ClN2O4/c1-2-19(29-18-6-4-17(23)5-7-18)22(26)25-11-9-24(10-12-25)14-16-3-8-20-21(13-16)28-15-27-20/h3-8,13,19H,2,9-12,14-15H2,1H3/p+1/t19-/m1/s1. The van der Waals surface area contributed by atoms with Crippen LogP contribution in [0.2, 0.25) is 5.02 Å². The molecule has 1 N–H and O–H groups in total. The third kappa shape index (κ3) is 4.77. The maximum atomic E-state index is 12.9. The minimum Gasteiger partial charge on any atom is -0.481 e. The number of nitrogens with zero attached hydrogens (tertiary/aromatic N) is 1. The number of hydrogen-bond donors (Lipinski definition) is 1. The van der Waals surface area contributed by atoms with Gasteiger partial charge in [0, 0.05) is 10.6 Å². The molecule has 2 aliphatic rings. The van der Waals surface area contributed by atoms with Crippen molar-refractivity contribution in [1.29, 1.82) is 0 Å². The molecule has 0 aromatic heterocycles. The van der Waals surface area contributed by atoms with Crippen molar-refractivity contribution in [2.45, 2.75) is 26.0 Å². The SMILES string of the molecule is CC[C@@H](Oc1ccc(Cl)cc1)C(=O)N1CC[NH+](Cc2ccc3c(c2)OCO3)CC1. The quantitative estimate of drug-likeness (QED) is 0.782. The van der Waals surface area contributed by atoms with Crippen molar-refractivity contribution < 1.29 is 23.9 Å². The van der Waals surface area contributed by atoms with E-state index in [2.05, 4.69) is 12.1 Å². The van der Waals surface area contributed by atoms with Gasteiger partial charge < -0.3 is 24.0 Å². The predicted molar refractivity (Wildman–Crippen MR) is 110 cm³/mol. The second kappa shape index (κ2) is 8.93. The second-order valence-electron chi connectivity index (χ2n) is 7.41. The normalized spacial score (nSPS) is 17.2. The fourth-order valence-corrected chi connectivity index (χ4v) is 3.88. The summed E-state index contributed by atoms with van der Waals surface area (Å²) in [4.78, 5) is 16.3. The molecule has 0 bridgehead atoms. The molecule has 0 aliphatic carbocycles. The number of piperazine rings is 1. The monoisotopic (exact) mass is 417 g/mol. The van der Waals surface area contributed by atoms with Crippen LogP contribution in [0.3, 0.4) is 0 Å². The Labute approximate surface area is 175 Å². The van der Waals surface area contributed by atoms with Gasteiger partial charge in [0.15, 0.2) is 17.6 Å². The number of rotatable bonds is 6. The number of carbonyl (C=O) groups is 1. The van der Waals surface area contributed by atoms with Gasteiger partial charge in [-0.1, -0.05) is 18.5 Å². The summed E-state index contributed by atoms with van der Waals surface area (Å²) in [5.41, 5.74) is 1.22. The minimum absolute atomic E-state index is 0.0598. The highest BCUT2D eigenvalue weighted by atomic mass is 35.5. The summed E-state index contributed by atoms with van der Waals surface area (Å²) in [7, 11) is 0. The minimum atomic E-state index is -0.466. The fraction of sp³-hybridized carbons (Fsp3) is 0.409. The van der Waals surface area contributed by atoms with Crippen LogP contribution >= 0.6 is 11.6 Å². The first-order chi connectivity index (χ1) is 14.1. The van der Waals surface area contributed by atoms with E-state index in [0.29, 0.717) is 24.0 Å². The van der Waals surface area contributed by atoms with E-state index in [1.165, 1.54) is 10.5 Å². The maximum Gasteiger partial charge on any atom is 0.264 e. The van der Waals surface area contributed by atoms with Gasteiger partial charge in [-0.3, -0.25) is 4.79 Å². The molecule has 2 heterocycles. The van der Waals surface area contributed by atoms with Crippen molar-refractivity contribution in [1.82, 2.24) is 4.90 Å². The largest absolute Gasteiger partial charge is 0.481 e. The van der Waals surface area contributed by atoms with Gasteiger partial charge in [0.2, 0.25) is 6.79 Å². The molecule has 1 fully saturated rings. The van der Waals surface area contributed by atoms with Gasteiger partial charge in [0.25, 0.3) is 5.91 Å². The van der Waals surface area contributed by atoms with E-state index < -0.39 is 6.10 Å². The smallest absolute Gasteiger partial charge is 0.264 e. The van der Waals surface area contributed by atoms with Crippen molar-refractivity contribution in [3.8, 4) is 17.2 Å². The molecular weight excluding hydrogens is 392 g/mol. The molecule has 6 nitrogen and oxygen atoms in total. The number of ether oxygens (including phenoxy) is 3. The zero-order valence-corrected chi connectivity index (χ0v) is 17.3. The topological polar surface area (TPSA) is 52.4 Å². The zero-order valence-electron chi connectivity index (χ0n) is 16.5. The number of nitrogens with one attached hydrogen (secondary N) is 1. The summed E-state index contributed by atoms with van der Waals surface area (Å²) in [6.45, 7) is 6.48. The summed E-state index contributed by atoms with van der Waals surface area (Å²) >= 11 is 5.92. The van der Waals surface area contributed by atoms with Crippen molar-refractivity contribution >= 4 is 17.5 Å². The van der Waals surface area contributed by atoms with E-state index in [1.54, 1.807) is 24.3 Å². The molecule has 2 aliphatic heterocycles. The van der Waals surface area contributed by atoms with Crippen LogP contribution in [0, 0.1) is 0 Å². The Kier molecular flexibility index (Phi) is 6.11. The highest BCUT2D eigenvalue weighted by Crippen LogP contribution is 2.32. The molecule has 2 aromatic rings. The molecule has 0 saturated carbocycles. The van der Waals surface area contributed by atoms with Gasteiger partial charge in [-0.25, -0.2) is 0 Å². The first-order valence-electron chi connectivity index (χ1n) is 10.1. The third-order valence-electron chi connectivity index (χ3n) is 5.41. The summed E-state index contributed by atoms with van der Waals surface area (Å²) in [6.07, 6.45) is 0.165. The highest BCUT2D eigenvalue weighted by molar-refractivity contribution is 6.30. The highest BCUT2D eigenvalue weighted by Gasteiger charge is 2.29. The van der Waals surface area contributed by atoms with Gasteiger partial charge in [-0.05, 0) is 48.9 Å². The predicted octanol–water partition coefficient (Wildman–Crippen LogP) is 2.15. The average Bonchev–Trinajstić information content (AvgIpc) is 3.21. The molecule has 2 aromatic carbocycles. The number of fused-ring (bicyclic) bond motifs is 1. The first-order valence-corrected chi connectivity index (χ1v) is 10.4. The Hall–Kier alpha value is -2.44. The Morgan fingerprint density at radius 3 is 2.59 bits per heavy atom. The number of hydrogen-bond acceptors (Lipinski definition) is 4. The Morgan fingerprint density at radius 1 is 1.14 bits per heavy atom. The molecule has 29 heavy (non-hydrogen) atoms. The fourth-order valence-electron chi connectivity index (χ4n) is 3.75. The van der Waals surface area contributed by atoms with E-state index in [1.807, 2.05) is 17.9 Å². The number of quaternary nitrogens is 1. The lowest BCUT2D eigenvalue weighted by Crippen LogP contribution is -3.13. The lowest BCUT2D eigenvalue weighted by Gasteiger charge is -2.34. The second-order valence-corrected chi connectivity index (χ2v) is 7.84. The van der Waals surface area contributed by atoms with E-state index in [-0.39, 0.29) is 5.91 Å². The van der Waals surface area contributed by atoms with Crippen molar-refractivity contribution in [3.05, 3.63) is 53.1 Å². The van der Waals surface area contributed by atoms with E-state index in [0.717, 1.165) is 44.2 Å². The molecule has 154 valence electrons. The van der Waals surface area contributed by atoms with Gasteiger partial charge in [0.05, 0.1) is 26.2 Å². The number of amides is 1. The molecule has 1 saturated heterocycles. The van der Waals surface area contributed by atoms with E-state index in [9.17, 15) is 4.79 Å². The Morgan fingerprint density at radius 2 is 1.86 bits per heavy atom. The van der Waals surface area contributed by atoms with Crippen LogP contribution in [0.5, 0.6) is 17.2 Å². The molecule has 0 unspecified atom stereocenters. The van der Waals surface area contributed by atoms with Crippen LogP contribution in [-0.2, 0) is 11.3 Å². The van der Waals surface area contributed by atoms with Gasteiger partial charge in [-0.15, -0.1) is 0 Å². The number of benzene rings is 2. The van der Waals surface area contributed by atoms with Crippen LogP contribution in [0.25, 0.3) is 0 Å². The first kappa shape index (κ1) is 19.9. The lowest BCUT2D eigenvalue weighted by atomic mass is 10.1. The van der Waals surface area contributed by atoms with Crippen LogP contribution in [0.1, 0.15) is 18.9 Å². The summed E-state index contributed by atoms with van der Waals surface area (Å²) in [5, 5.41) is 0.651. The third-order valence-corrected chi connectivity index (χ3v) is 5.66. The van der Waals surface area contributed by atoms with Gasteiger partial charge in [-0.2, -0.15) is 0 Å². The lowest BCUT2D eigenvalue weighted by molar-refractivity contribution is -0.917. The van der Waals surface area contributed by atoms with Crippen LogP contribution in [-0.4, -0.2) is 49.9 Å². The summed E-state index contributed by atoms with van der Waals surface area (Å²) < 4.78 is 16.8. The molecule has 7 heteroatoms.